The number of nitrogens with zero attached hydrogens (tertiary/aromatic N) is 1. The summed E-state index contributed by atoms with van der Waals surface area (Å²) in [6, 6.07) is 7.52. The van der Waals surface area contributed by atoms with Gasteiger partial charge in [0.2, 0.25) is 0 Å². The summed E-state index contributed by atoms with van der Waals surface area (Å²) >= 11 is 0. The number of piperidine rings is 1. The molecule has 0 amide bonds. The highest BCUT2D eigenvalue weighted by Crippen LogP contribution is 2.40. The second-order valence-corrected chi connectivity index (χ2v) is 8.62. The molecule has 1 aromatic rings. The standard InChI is InChI=1S/C23H31NO4/c1-15-9-11-24(12-10-15)13-19-21(25)8-7-18-22(26)20(14-28-23(18)19)16-3-5-17(27-2)6-4-16/h3-6,14-15,18-19,21,23,25H,7-13H2,1-2H3. The van der Waals surface area contributed by atoms with Gasteiger partial charge in [-0.25, -0.2) is 0 Å². The third-order valence-electron chi connectivity index (χ3n) is 6.78. The molecule has 152 valence electrons. The first-order valence-corrected chi connectivity index (χ1v) is 10.5. The molecule has 4 atom stereocenters. The fourth-order valence-corrected chi connectivity index (χ4v) is 4.88. The molecule has 1 N–H and O–H groups in total. The number of ether oxygens (including phenoxy) is 2. The van der Waals surface area contributed by atoms with Crippen LogP contribution in [-0.4, -0.2) is 54.7 Å². The zero-order chi connectivity index (χ0) is 19.7. The Morgan fingerprint density at radius 1 is 1.14 bits per heavy atom. The van der Waals surface area contributed by atoms with Gasteiger partial charge in [-0.3, -0.25) is 4.79 Å². The fraction of sp³-hybridized carbons (Fsp3) is 0.609. The van der Waals surface area contributed by atoms with Crippen molar-refractivity contribution < 1.29 is 19.4 Å². The molecule has 5 nitrogen and oxygen atoms in total. The quantitative estimate of drug-likeness (QED) is 0.863. The molecule has 1 aromatic carbocycles. The number of rotatable bonds is 4. The maximum atomic E-state index is 13.2. The number of hydrogen-bond donors (Lipinski definition) is 1. The van der Waals surface area contributed by atoms with Gasteiger partial charge in [0, 0.05) is 12.5 Å². The van der Waals surface area contributed by atoms with E-state index in [1.165, 1.54) is 12.8 Å². The van der Waals surface area contributed by atoms with Gasteiger partial charge in [0.1, 0.15) is 11.9 Å². The lowest BCUT2D eigenvalue weighted by atomic mass is 9.72. The Balaban J connectivity index is 1.50. The van der Waals surface area contributed by atoms with Crippen LogP contribution in [0.15, 0.2) is 30.5 Å². The minimum absolute atomic E-state index is 0.00947. The molecular weight excluding hydrogens is 354 g/mol. The summed E-state index contributed by atoms with van der Waals surface area (Å²) < 4.78 is 11.3. The van der Waals surface area contributed by atoms with Gasteiger partial charge in [0.25, 0.3) is 0 Å². The van der Waals surface area contributed by atoms with E-state index in [1.807, 2.05) is 24.3 Å². The molecule has 0 aromatic heterocycles. The first-order valence-electron chi connectivity index (χ1n) is 10.5. The highest BCUT2D eigenvalue weighted by Gasteiger charge is 2.46. The van der Waals surface area contributed by atoms with Crippen LogP contribution in [0.3, 0.4) is 0 Å². The number of likely N-dealkylation sites (tertiary alicyclic amines) is 1. The predicted octanol–water partition coefficient (Wildman–Crippen LogP) is 3.12. The molecule has 5 heteroatoms. The second kappa shape index (κ2) is 8.26. The van der Waals surface area contributed by atoms with Gasteiger partial charge in [-0.1, -0.05) is 19.1 Å². The second-order valence-electron chi connectivity index (χ2n) is 8.62. The molecule has 3 aliphatic rings. The van der Waals surface area contributed by atoms with Crippen LogP contribution >= 0.6 is 0 Å². The normalized spacial score (nSPS) is 31.7. The summed E-state index contributed by atoms with van der Waals surface area (Å²) in [5, 5.41) is 10.7. The Bertz CT molecular complexity index is 721. The van der Waals surface area contributed by atoms with Crippen molar-refractivity contribution in [3.05, 3.63) is 36.1 Å². The van der Waals surface area contributed by atoms with Crippen molar-refractivity contribution in [1.82, 2.24) is 4.90 Å². The lowest BCUT2D eigenvalue weighted by Crippen LogP contribution is -2.52. The monoisotopic (exact) mass is 385 g/mol. The largest absolute Gasteiger partial charge is 0.497 e. The summed E-state index contributed by atoms with van der Waals surface area (Å²) in [7, 11) is 1.63. The molecule has 0 radical (unpaired) electrons. The Labute approximate surface area is 167 Å². The molecule has 0 bridgehead atoms. The van der Waals surface area contributed by atoms with E-state index in [4.69, 9.17) is 9.47 Å². The van der Waals surface area contributed by atoms with Gasteiger partial charge in [0.15, 0.2) is 5.78 Å². The molecule has 1 aliphatic carbocycles. The maximum absolute atomic E-state index is 13.2. The van der Waals surface area contributed by atoms with Crippen molar-refractivity contribution in [3.63, 3.8) is 0 Å². The number of Topliss-reactive ketones (excluding diaryl/α,β-unsaturated/α-hetero) is 1. The van der Waals surface area contributed by atoms with Crippen molar-refractivity contribution in [2.45, 2.75) is 44.8 Å². The van der Waals surface area contributed by atoms with Crippen LogP contribution in [0.25, 0.3) is 5.57 Å². The molecule has 2 heterocycles. The van der Waals surface area contributed by atoms with Gasteiger partial charge in [-0.05, 0) is 62.4 Å². The van der Waals surface area contributed by atoms with Crippen molar-refractivity contribution >= 4 is 11.4 Å². The molecule has 4 unspecified atom stereocenters. The Hall–Kier alpha value is -1.85. The van der Waals surface area contributed by atoms with Crippen LogP contribution in [0.4, 0.5) is 0 Å². The number of hydrogen-bond acceptors (Lipinski definition) is 5. The molecule has 4 rings (SSSR count). The third kappa shape index (κ3) is 3.83. The van der Waals surface area contributed by atoms with Gasteiger partial charge in [0.05, 0.1) is 31.0 Å². The van der Waals surface area contributed by atoms with Crippen molar-refractivity contribution in [3.8, 4) is 5.75 Å². The molecule has 1 saturated heterocycles. The number of ketones is 1. The number of carbonyl (C=O) groups is 1. The number of aliphatic hydroxyl groups excluding tert-OH is 1. The SMILES string of the molecule is COc1ccc(C2=COC3C(CCC(O)C3CN3CCC(C)CC3)C2=O)cc1. The summed E-state index contributed by atoms with van der Waals surface area (Å²) in [5.41, 5.74) is 1.49. The number of benzene rings is 1. The van der Waals surface area contributed by atoms with Crippen LogP contribution in [-0.2, 0) is 9.53 Å². The molecule has 0 spiro atoms. The van der Waals surface area contributed by atoms with E-state index < -0.39 is 6.10 Å². The van der Waals surface area contributed by atoms with Crippen molar-refractivity contribution in [2.75, 3.05) is 26.7 Å². The number of methoxy groups -OCH3 is 1. The minimum Gasteiger partial charge on any atom is -0.497 e. The molecule has 28 heavy (non-hydrogen) atoms. The first-order chi connectivity index (χ1) is 13.6. The number of fused-ring (bicyclic) bond motifs is 1. The smallest absolute Gasteiger partial charge is 0.173 e. The van der Waals surface area contributed by atoms with E-state index >= 15 is 0 Å². The van der Waals surface area contributed by atoms with Crippen LogP contribution in [0, 0.1) is 17.8 Å². The van der Waals surface area contributed by atoms with E-state index in [-0.39, 0.29) is 23.7 Å². The third-order valence-corrected chi connectivity index (χ3v) is 6.78. The van der Waals surface area contributed by atoms with Crippen LogP contribution < -0.4 is 4.74 Å². The zero-order valence-corrected chi connectivity index (χ0v) is 16.8. The summed E-state index contributed by atoms with van der Waals surface area (Å²) in [5.74, 6) is 1.51. The van der Waals surface area contributed by atoms with Gasteiger partial charge < -0.3 is 19.5 Å². The van der Waals surface area contributed by atoms with Crippen LogP contribution in [0.2, 0.25) is 0 Å². The summed E-state index contributed by atoms with van der Waals surface area (Å²) in [6.45, 7) is 5.26. The number of aliphatic hydroxyl groups is 1. The lowest BCUT2D eigenvalue weighted by molar-refractivity contribution is -0.133. The van der Waals surface area contributed by atoms with E-state index in [0.29, 0.717) is 18.4 Å². The van der Waals surface area contributed by atoms with Crippen LogP contribution in [0.1, 0.15) is 38.2 Å². The van der Waals surface area contributed by atoms with Crippen molar-refractivity contribution in [2.24, 2.45) is 17.8 Å². The highest BCUT2D eigenvalue weighted by molar-refractivity contribution is 6.22. The zero-order valence-electron chi connectivity index (χ0n) is 16.8. The average molecular weight is 386 g/mol. The Morgan fingerprint density at radius 3 is 2.54 bits per heavy atom. The molecule has 2 fully saturated rings. The van der Waals surface area contributed by atoms with Gasteiger partial charge >= 0.3 is 0 Å². The van der Waals surface area contributed by atoms with E-state index in [0.717, 1.165) is 36.9 Å². The molecule has 2 aliphatic heterocycles. The fourth-order valence-electron chi connectivity index (χ4n) is 4.88. The van der Waals surface area contributed by atoms with Crippen molar-refractivity contribution in [1.29, 1.82) is 0 Å². The van der Waals surface area contributed by atoms with Gasteiger partial charge in [-0.2, -0.15) is 0 Å². The highest BCUT2D eigenvalue weighted by atomic mass is 16.5. The average Bonchev–Trinajstić information content (AvgIpc) is 2.72. The topological polar surface area (TPSA) is 59.0 Å². The van der Waals surface area contributed by atoms with Crippen LogP contribution in [0.5, 0.6) is 5.75 Å². The number of allylic oxidation sites excluding steroid dienone is 1. The molecular formula is C23H31NO4. The molecule has 1 saturated carbocycles. The number of carbonyl (C=O) groups excluding carboxylic acids is 1. The van der Waals surface area contributed by atoms with E-state index in [1.54, 1.807) is 13.4 Å². The summed E-state index contributed by atoms with van der Waals surface area (Å²) in [4.78, 5) is 15.7. The van der Waals surface area contributed by atoms with Gasteiger partial charge in [-0.15, -0.1) is 0 Å². The van der Waals surface area contributed by atoms with E-state index in [9.17, 15) is 9.90 Å². The first kappa shape index (κ1) is 19.5. The Morgan fingerprint density at radius 2 is 1.86 bits per heavy atom. The predicted molar refractivity (Wildman–Crippen MR) is 108 cm³/mol. The lowest BCUT2D eigenvalue weighted by Gasteiger charge is -2.44. The van der Waals surface area contributed by atoms with E-state index in [2.05, 4.69) is 11.8 Å². The maximum Gasteiger partial charge on any atom is 0.173 e. The minimum atomic E-state index is -0.399. The Kier molecular flexibility index (Phi) is 5.74. The summed E-state index contributed by atoms with van der Waals surface area (Å²) in [6.07, 6.45) is 4.76.